The molecule has 0 spiro atoms. The maximum atomic E-state index is 6.02. The summed E-state index contributed by atoms with van der Waals surface area (Å²) in [5.74, 6) is 0. The summed E-state index contributed by atoms with van der Waals surface area (Å²) in [7, 11) is 0. The minimum Gasteiger partial charge on any atom is -0.0843 e. The fraction of sp³-hybridized carbons (Fsp3) is 0. The second kappa shape index (κ2) is 7.07. The van der Waals surface area contributed by atoms with Crippen molar-refractivity contribution < 1.29 is 0 Å². The number of hydrogen-bond donors (Lipinski definition) is 0. The highest BCUT2D eigenvalue weighted by Crippen LogP contribution is 2.32. The van der Waals surface area contributed by atoms with Crippen molar-refractivity contribution >= 4 is 68.4 Å². The minimum absolute atomic E-state index is 0.764. The Labute approximate surface area is 167 Å². The molecule has 22 heavy (non-hydrogen) atoms. The van der Waals surface area contributed by atoms with Crippen LogP contribution in [0.15, 0.2) is 60.7 Å². The molecule has 0 radical (unpaired) electrons. The Morgan fingerprint density at radius 2 is 0.909 bits per heavy atom. The molecule has 0 nitrogen and oxygen atoms in total. The molecule has 0 fully saturated rings. The van der Waals surface area contributed by atoms with Gasteiger partial charge in [-0.15, -0.1) is 0 Å². The molecule has 0 aliphatic carbocycles. The van der Waals surface area contributed by atoms with Crippen LogP contribution in [0.3, 0.4) is 0 Å². The third kappa shape index (κ3) is 3.61. The van der Waals surface area contributed by atoms with E-state index in [0.717, 1.165) is 17.2 Å². The summed E-state index contributed by atoms with van der Waals surface area (Å²) in [6.45, 7) is 0. The molecule has 4 heteroatoms. The van der Waals surface area contributed by atoms with Crippen LogP contribution in [0.25, 0.3) is 22.3 Å². The average Bonchev–Trinajstić information content (AvgIpc) is 2.48. The summed E-state index contributed by atoms with van der Waals surface area (Å²) in [4.78, 5) is 0. The van der Waals surface area contributed by atoms with E-state index in [4.69, 9.17) is 23.2 Å². The standard InChI is InChI=1S/C18H10Cl2I2/c19-13-5-7-15(17(21)9-13)11-1-2-12(4-3-11)16-8-6-14(20)10-18(16)22/h1-10H. The van der Waals surface area contributed by atoms with Crippen LogP contribution < -0.4 is 0 Å². The lowest BCUT2D eigenvalue weighted by Crippen LogP contribution is -1.86. The van der Waals surface area contributed by atoms with Crippen molar-refractivity contribution in [2.24, 2.45) is 0 Å². The zero-order valence-electron chi connectivity index (χ0n) is 11.3. The molecule has 3 aromatic rings. The van der Waals surface area contributed by atoms with Gasteiger partial charge in [0.05, 0.1) is 0 Å². The maximum Gasteiger partial charge on any atom is 0.0416 e. The summed E-state index contributed by atoms with van der Waals surface area (Å²) in [6, 6.07) is 20.5. The molecule has 0 amide bonds. The highest BCUT2D eigenvalue weighted by molar-refractivity contribution is 14.1. The van der Waals surface area contributed by atoms with Crippen LogP contribution in [0, 0.1) is 7.14 Å². The molecule has 0 aromatic heterocycles. The highest BCUT2D eigenvalue weighted by Gasteiger charge is 2.07. The van der Waals surface area contributed by atoms with E-state index in [9.17, 15) is 0 Å². The van der Waals surface area contributed by atoms with Crippen molar-refractivity contribution in [1.29, 1.82) is 0 Å². The van der Waals surface area contributed by atoms with Gasteiger partial charge < -0.3 is 0 Å². The van der Waals surface area contributed by atoms with Gasteiger partial charge in [-0.05, 0) is 91.7 Å². The Hall–Kier alpha value is -0.300. The molecule has 0 heterocycles. The molecule has 3 rings (SSSR count). The number of benzene rings is 3. The van der Waals surface area contributed by atoms with E-state index in [1.807, 2.05) is 24.3 Å². The lowest BCUT2D eigenvalue weighted by Gasteiger charge is -2.09. The molecule has 0 unspecified atom stereocenters. The maximum absolute atomic E-state index is 6.02. The molecule has 3 aromatic carbocycles. The molecular formula is C18H10Cl2I2. The van der Waals surface area contributed by atoms with Crippen LogP contribution in [0.4, 0.5) is 0 Å². The van der Waals surface area contributed by atoms with Crippen molar-refractivity contribution in [2.45, 2.75) is 0 Å². The molecule has 0 saturated carbocycles. The van der Waals surface area contributed by atoms with Gasteiger partial charge in [0.25, 0.3) is 0 Å². The van der Waals surface area contributed by atoms with Crippen molar-refractivity contribution in [1.82, 2.24) is 0 Å². The van der Waals surface area contributed by atoms with E-state index in [1.165, 1.54) is 22.3 Å². The summed E-state index contributed by atoms with van der Waals surface area (Å²) in [6.07, 6.45) is 0. The molecule has 0 aliphatic heterocycles. The van der Waals surface area contributed by atoms with Gasteiger partial charge in [0, 0.05) is 17.2 Å². The quantitative estimate of drug-likeness (QED) is 0.289. The second-order valence-electron chi connectivity index (χ2n) is 4.83. The van der Waals surface area contributed by atoms with Gasteiger partial charge in [0.15, 0.2) is 0 Å². The van der Waals surface area contributed by atoms with Crippen LogP contribution in [-0.2, 0) is 0 Å². The predicted octanol–water partition coefficient (Wildman–Crippen LogP) is 7.54. The summed E-state index contributed by atoms with van der Waals surface area (Å²) < 4.78 is 2.30. The summed E-state index contributed by atoms with van der Waals surface area (Å²) in [5.41, 5.74) is 4.77. The van der Waals surface area contributed by atoms with Gasteiger partial charge in [-0.3, -0.25) is 0 Å². The Bertz CT molecular complexity index is 756. The smallest absolute Gasteiger partial charge is 0.0416 e. The van der Waals surface area contributed by atoms with Crippen molar-refractivity contribution in [2.75, 3.05) is 0 Å². The monoisotopic (exact) mass is 550 g/mol. The average molecular weight is 551 g/mol. The van der Waals surface area contributed by atoms with E-state index in [1.54, 1.807) is 0 Å². The SMILES string of the molecule is Clc1ccc(-c2ccc(-c3ccc(Cl)cc3I)cc2)c(I)c1. The van der Waals surface area contributed by atoms with Gasteiger partial charge in [0.1, 0.15) is 0 Å². The Morgan fingerprint density at radius 3 is 1.23 bits per heavy atom. The molecule has 0 saturated heterocycles. The third-order valence-corrected chi connectivity index (χ3v) is 5.62. The molecule has 0 aliphatic rings. The zero-order valence-corrected chi connectivity index (χ0v) is 17.1. The summed E-state index contributed by atoms with van der Waals surface area (Å²) in [5, 5.41) is 1.53. The van der Waals surface area contributed by atoms with Crippen LogP contribution in [0.2, 0.25) is 10.0 Å². The van der Waals surface area contributed by atoms with Crippen LogP contribution in [-0.4, -0.2) is 0 Å². The third-order valence-electron chi connectivity index (χ3n) is 3.37. The van der Waals surface area contributed by atoms with Gasteiger partial charge in [-0.1, -0.05) is 59.6 Å². The van der Waals surface area contributed by atoms with E-state index in [-0.39, 0.29) is 0 Å². The predicted molar refractivity (Wildman–Crippen MR) is 113 cm³/mol. The summed E-state index contributed by atoms with van der Waals surface area (Å²) >= 11 is 16.7. The molecule has 0 N–H and O–H groups in total. The number of halogens is 4. The van der Waals surface area contributed by atoms with Crippen LogP contribution in [0.5, 0.6) is 0 Å². The molecular weight excluding hydrogens is 541 g/mol. The molecule has 110 valence electrons. The van der Waals surface area contributed by atoms with Crippen LogP contribution in [0.1, 0.15) is 0 Å². The first-order valence-corrected chi connectivity index (χ1v) is 9.47. The lowest BCUT2D eigenvalue weighted by atomic mass is 10.0. The van der Waals surface area contributed by atoms with Crippen molar-refractivity contribution in [3.05, 3.63) is 77.8 Å². The molecule has 0 atom stereocenters. The first-order chi connectivity index (χ1) is 10.5. The minimum atomic E-state index is 0.764. The number of hydrogen-bond acceptors (Lipinski definition) is 0. The molecule has 0 bridgehead atoms. The van der Waals surface area contributed by atoms with Gasteiger partial charge in [-0.2, -0.15) is 0 Å². The van der Waals surface area contributed by atoms with Gasteiger partial charge in [0.2, 0.25) is 0 Å². The van der Waals surface area contributed by atoms with Crippen molar-refractivity contribution in [3.8, 4) is 22.3 Å². The van der Waals surface area contributed by atoms with E-state index >= 15 is 0 Å². The van der Waals surface area contributed by atoms with Crippen LogP contribution >= 0.6 is 68.4 Å². The largest absolute Gasteiger partial charge is 0.0843 e. The zero-order chi connectivity index (χ0) is 15.7. The Kier molecular flexibility index (Phi) is 5.32. The normalized spacial score (nSPS) is 10.7. The van der Waals surface area contributed by atoms with E-state index in [0.29, 0.717) is 0 Å². The topological polar surface area (TPSA) is 0 Å². The first kappa shape index (κ1) is 16.6. The van der Waals surface area contributed by atoms with E-state index < -0.39 is 0 Å². The Morgan fingerprint density at radius 1 is 0.545 bits per heavy atom. The number of rotatable bonds is 2. The first-order valence-electron chi connectivity index (χ1n) is 6.55. The van der Waals surface area contributed by atoms with Gasteiger partial charge >= 0.3 is 0 Å². The van der Waals surface area contributed by atoms with Crippen molar-refractivity contribution in [3.63, 3.8) is 0 Å². The second-order valence-corrected chi connectivity index (χ2v) is 8.02. The lowest BCUT2D eigenvalue weighted by molar-refractivity contribution is 1.55. The fourth-order valence-electron chi connectivity index (χ4n) is 2.28. The highest BCUT2D eigenvalue weighted by atomic mass is 127. The van der Waals surface area contributed by atoms with Gasteiger partial charge in [-0.25, -0.2) is 0 Å². The Balaban J connectivity index is 1.99. The fourth-order valence-corrected chi connectivity index (χ4v) is 4.64. The van der Waals surface area contributed by atoms with E-state index in [2.05, 4.69) is 81.6 Å².